The largest absolute Gasteiger partial charge is 0.372 e. The van der Waals surface area contributed by atoms with E-state index in [9.17, 15) is 9.59 Å². The minimum atomic E-state index is -0.342. The lowest BCUT2D eigenvalue weighted by Crippen LogP contribution is -2.26. The van der Waals surface area contributed by atoms with Gasteiger partial charge in [-0.25, -0.2) is 4.98 Å². The van der Waals surface area contributed by atoms with Crippen molar-refractivity contribution >= 4 is 23.2 Å². The normalized spacial score (nSPS) is 10.3. The van der Waals surface area contributed by atoms with Gasteiger partial charge < -0.3 is 15.5 Å². The molecule has 1 heterocycles. The number of hydrogen-bond donors (Lipinski definition) is 2. The van der Waals surface area contributed by atoms with Gasteiger partial charge in [0.1, 0.15) is 11.4 Å². The van der Waals surface area contributed by atoms with Crippen molar-refractivity contribution in [3.05, 3.63) is 53.9 Å². The average Bonchev–Trinajstić information content (AvgIpc) is 2.68. The van der Waals surface area contributed by atoms with Gasteiger partial charge in [0.15, 0.2) is 0 Å². The first kappa shape index (κ1) is 19.4. The lowest BCUT2D eigenvalue weighted by Gasteiger charge is -2.21. The molecule has 1 aromatic heterocycles. The maximum absolute atomic E-state index is 12.4. The number of benzene rings is 1. The average molecular weight is 354 g/mol. The highest BCUT2D eigenvalue weighted by molar-refractivity contribution is 6.03. The van der Waals surface area contributed by atoms with E-state index in [1.165, 1.54) is 0 Å². The van der Waals surface area contributed by atoms with E-state index < -0.39 is 0 Å². The van der Waals surface area contributed by atoms with Gasteiger partial charge in [-0.15, -0.1) is 0 Å². The topological polar surface area (TPSA) is 74.3 Å². The van der Waals surface area contributed by atoms with E-state index in [1.807, 2.05) is 31.2 Å². The molecular formula is C20H26N4O2. The van der Waals surface area contributed by atoms with Gasteiger partial charge in [-0.2, -0.15) is 0 Å². The van der Waals surface area contributed by atoms with Gasteiger partial charge in [-0.05, 0) is 56.7 Å². The fraction of sp³-hybridized carbons (Fsp3) is 0.350. The Kier molecular flexibility index (Phi) is 7.14. The summed E-state index contributed by atoms with van der Waals surface area (Å²) in [5.74, 6) is -0.615. The quantitative estimate of drug-likeness (QED) is 0.763. The Bertz CT molecular complexity index is 740. The molecule has 6 heteroatoms. The summed E-state index contributed by atoms with van der Waals surface area (Å²) in [7, 11) is 0. The number of nitrogens with one attached hydrogen (secondary N) is 2. The molecule has 0 bridgehead atoms. The van der Waals surface area contributed by atoms with Crippen LogP contribution in [0.1, 0.15) is 48.2 Å². The zero-order valence-corrected chi connectivity index (χ0v) is 15.6. The number of amides is 2. The molecule has 0 radical (unpaired) electrons. The third-order valence-corrected chi connectivity index (χ3v) is 4.00. The van der Waals surface area contributed by atoms with Crippen LogP contribution >= 0.6 is 0 Å². The second-order valence-electron chi connectivity index (χ2n) is 5.84. The molecule has 0 unspecified atom stereocenters. The number of aromatic nitrogens is 1. The summed E-state index contributed by atoms with van der Waals surface area (Å²) in [6.45, 7) is 8.62. The van der Waals surface area contributed by atoms with E-state index in [0.29, 0.717) is 12.2 Å². The number of pyridine rings is 1. The molecule has 1 aromatic carbocycles. The van der Waals surface area contributed by atoms with Crippen LogP contribution in [-0.4, -0.2) is 36.4 Å². The molecule has 0 aliphatic rings. The van der Waals surface area contributed by atoms with E-state index in [2.05, 4.69) is 34.4 Å². The number of nitrogens with zero attached hydrogens (tertiary/aromatic N) is 2. The molecule has 0 atom stereocenters. The van der Waals surface area contributed by atoms with Crippen molar-refractivity contribution in [2.75, 3.05) is 29.9 Å². The van der Waals surface area contributed by atoms with Gasteiger partial charge in [0.25, 0.3) is 11.8 Å². The highest BCUT2D eigenvalue weighted by Crippen LogP contribution is 2.18. The van der Waals surface area contributed by atoms with Gasteiger partial charge in [0.05, 0.1) is 0 Å². The summed E-state index contributed by atoms with van der Waals surface area (Å²) in [5, 5.41) is 5.57. The van der Waals surface area contributed by atoms with E-state index in [0.717, 1.165) is 25.2 Å². The van der Waals surface area contributed by atoms with Crippen LogP contribution in [0.25, 0.3) is 0 Å². The fourth-order valence-corrected chi connectivity index (χ4v) is 2.56. The maximum Gasteiger partial charge on any atom is 0.274 e. The highest BCUT2D eigenvalue weighted by atomic mass is 16.2. The second kappa shape index (κ2) is 9.56. The van der Waals surface area contributed by atoms with Crippen LogP contribution < -0.4 is 15.5 Å². The summed E-state index contributed by atoms with van der Waals surface area (Å²) < 4.78 is 0. The summed E-state index contributed by atoms with van der Waals surface area (Å²) in [5.41, 5.74) is 2.25. The molecule has 2 N–H and O–H groups in total. The fourth-order valence-electron chi connectivity index (χ4n) is 2.56. The summed E-state index contributed by atoms with van der Waals surface area (Å²) in [6, 6.07) is 12.5. The molecule has 2 aromatic rings. The number of anilines is 2. The monoisotopic (exact) mass is 354 g/mol. The summed E-state index contributed by atoms with van der Waals surface area (Å²) in [4.78, 5) is 30.8. The first-order valence-corrected chi connectivity index (χ1v) is 9.00. The van der Waals surface area contributed by atoms with Crippen molar-refractivity contribution < 1.29 is 9.59 Å². The van der Waals surface area contributed by atoms with Crippen molar-refractivity contribution in [1.82, 2.24) is 10.3 Å². The molecule has 2 amide bonds. The van der Waals surface area contributed by atoms with Gasteiger partial charge in [-0.1, -0.05) is 13.0 Å². The first-order chi connectivity index (χ1) is 12.6. The van der Waals surface area contributed by atoms with Crippen molar-refractivity contribution in [1.29, 1.82) is 0 Å². The number of rotatable bonds is 8. The molecule has 0 fully saturated rings. The number of carbonyl (C=O) groups is 2. The zero-order chi connectivity index (χ0) is 18.9. The lowest BCUT2D eigenvalue weighted by molar-refractivity contribution is 0.0948. The second-order valence-corrected chi connectivity index (χ2v) is 5.84. The molecule has 0 aliphatic heterocycles. The van der Waals surface area contributed by atoms with Crippen LogP contribution in [0.5, 0.6) is 0 Å². The van der Waals surface area contributed by atoms with Crippen LogP contribution in [0.4, 0.5) is 11.4 Å². The van der Waals surface area contributed by atoms with Crippen molar-refractivity contribution in [3.8, 4) is 0 Å². The maximum atomic E-state index is 12.4. The molecule has 0 saturated heterocycles. The van der Waals surface area contributed by atoms with Gasteiger partial charge >= 0.3 is 0 Å². The van der Waals surface area contributed by atoms with Crippen LogP contribution in [0.15, 0.2) is 42.5 Å². The minimum Gasteiger partial charge on any atom is -0.372 e. The Labute approximate surface area is 154 Å². The Morgan fingerprint density at radius 2 is 1.54 bits per heavy atom. The Morgan fingerprint density at radius 1 is 0.923 bits per heavy atom. The van der Waals surface area contributed by atoms with E-state index in [-0.39, 0.29) is 23.2 Å². The van der Waals surface area contributed by atoms with Crippen molar-refractivity contribution in [3.63, 3.8) is 0 Å². The zero-order valence-electron chi connectivity index (χ0n) is 15.6. The summed E-state index contributed by atoms with van der Waals surface area (Å²) in [6.07, 6.45) is 0.843. The highest BCUT2D eigenvalue weighted by Gasteiger charge is 2.12. The molecule has 0 aliphatic carbocycles. The number of hydrogen-bond acceptors (Lipinski definition) is 4. The minimum absolute atomic E-state index is 0.210. The van der Waals surface area contributed by atoms with E-state index in [1.54, 1.807) is 18.2 Å². The smallest absolute Gasteiger partial charge is 0.274 e. The molecule has 0 saturated carbocycles. The first-order valence-electron chi connectivity index (χ1n) is 9.00. The van der Waals surface area contributed by atoms with E-state index in [4.69, 9.17) is 0 Å². The van der Waals surface area contributed by atoms with Crippen LogP contribution in [0, 0.1) is 0 Å². The van der Waals surface area contributed by atoms with Crippen molar-refractivity contribution in [2.24, 2.45) is 0 Å². The SMILES string of the molecule is CCCNC(=O)c1cccc(C(=O)Nc2ccc(N(CC)CC)cc2)n1. The predicted octanol–water partition coefficient (Wildman–Crippen LogP) is 3.32. The van der Waals surface area contributed by atoms with Gasteiger partial charge in [0.2, 0.25) is 0 Å². The van der Waals surface area contributed by atoms with Crippen LogP contribution in [0.2, 0.25) is 0 Å². The molecule has 6 nitrogen and oxygen atoms in total. The van der Waals surface area contributed by atoms with Gasteiger partial charge in [0, 0.05) is 31.0 Å². The molecular weight excluding hydrogens is 328 g/mol. The molecule has 0 spiro atoms. The Balaban J connectivity index is 2.06. The van der Waals surface area contributed by atoms with Crippen LogP contribution in [-0.2, 0) is 0 Å². The third kappa shape index (κ3) is 5.05. The molecule has 138 valence electrons. The predicted molar refractivity (Wildman–Crippen MR) is 105 cm³/mol. The Morgan fingerprint density at radius 3 is 2.12 bits per heavy atom. The summed E-state index contributed by atoms with van der Waals surface area (Å²) >= 11 is 0. The van der Waals surface area contributed by atoms with Crippen LogP contribution in [0.3, 0.4) is 0 Å². The Hall–Kier alpha value is -2.89. The lowest BCUT2D eigenvalue weighted by atomic mass is 10.2. The van der Waals surface area contributed by atoms with E-state index >= 15 is 0 Å². The standard InChI is InChI=1S/C20H26N4O2/c1-4-14-21-19(25)17-8-7-9-18(23-17)20(26)22-15-10-12-16(13-11-15)24(5-2)6-3/h7-13H,4-6,14H2,1-3H3,(H,21,25)(H,22,26). The molecule has 2 rings (SSSR count). The number of carbonyl (C=O) groups excluding carboxylic acids is 2. The van der Waals surface area contributed by atoms with Gasteiger partial charge in [-0.3, -0.25) is 9.59 Å². The third-order valence-electron chi connectivity index (χ3n) is 4.00. The van der Waals surface area contributed by atoms with Crippen molar-refractivity contribution in [2.45, 2.75) is 27.2 Å². The molecule has 26 heavy (non-hydrogen) atoms.